The SMILES string of the molecule is c1csc(CCNCCOc2cnc3ccccc3c2)c1. The van der Waals surface area contributed by atoms with Crippen molar-refractivity contribution in [1.29, 1.82) is 0 Å². The Hall–Kier alpha value is -1.91. The first-order chi connectivity index (χ1) is 10.4. The van der Waals surface area contributed by atoms with Crippen molar-refractivity contribution >= 4 is 22.2 Å². The highest BCUT2D eigenvalue weighted by Gasteiger charge is 1.98. The standard InChI is InChI=1S/C17H18N2OS/c1-2-6-17-14(4-1)12-15(13-19-17)20-10-9-18-8-7-16-5-3-11-21-16/h1-6,11-13,18H,7-10H2. The summed E-state index contributed by atoms with van der Waals surface area (Å²) in [7, 11) is 0. The van der Waals surface area contributed by atoms with Crippen molar-refractivity contribution in [2.75, 3.05) is 19.7 Å². The molecule has 0 fully saturated rings. The van der Waals surface area contributed by atoms with Gasteiger partial charge in [-0.2, -0.15) is 0 Å². The number of ether oxygens (including phenoxy) is 1. The van der Waals surface area contributed by atoms with Crippen LogP contribution in [0.1, 0.15) is 4.88 Å². The summed E-state index contributed by atoms with van der Waals surface area (Å²) in [6.45, 7) is 2.49. The molecule has 0 aliphatic carbocycles. The fourth-order valence-corrected chi connectivity index (χ4v) is 2.87. The molecule has 3 nitrogen and oxygen atoms in total. The van der Waals surface area contributed by atoms with E-state index in [0.29, 0.717) is 6.61 Å². The molecule has 0 spiro atoms. The van der Waals surface area contributed by atoms with Crippen LogP contribution in [-0.4, -0.2) is 24.7 Å². The highest BCUT2D eigenvalue weighted by Crippen LogP contribution is 2.17. The molecule has 3 aromatic rings. The van der Waals surface area contributed by atoms with Crippen LogP contribution in [0.2, 0.25) is 0 Å². The Labute approximate surface area is 128 Å². The Morgan fingerprint density at radius 3 is 2.95 bits per heavy atom. The molecule has 0 atom stereocenters. The molecule has 3 rings (SSSR count). The number of thiophene rings is 1. The molecule has 0 unspecified atom stereocenters. The molecular formula is C17H18N2OS. The Bertz CT molecular complexity index is 682. The molecule has 0 amide bonds. The quantitative estimate of drug-likeness (QED) is 0.678. The highest BCUT2D eigenvalue weighted by atomic mass is 32.1. The van der Waals surface area contributed by atoms with Gasteiger partial charge in [-0.3, -0.25) is 4.98 Å². The third kappa shape index (κ3) is 4.03. The Balaban J connectivity index is 1.40. The second-order valence-corrected chi connectivity index (χ2v) is 5.82. The summed E-state index contributed by atoms with van der Waals surface area (Å²) in [5.74, 6) is 0.828. The van der Waals surface area contributed by atoms with E-state index in [4.69, 9.17) is 4.74 Å². The average Bonchev–Trinajstić information content (AvgIpc) is 3.04. The minimum atomic E-state index is 0.657. The fourth-order valence-electron chi connectivity index (χ4n) is 2.16. The van der Waals surface area contributed by atoms with E-state index in [1.54, 1.807) is 17.5 Å². The molecule has 0 radical (unpaired) electrons. The minimum Gasteiger partial charge on any atom is -0.491 e. The van der Waals surface area contributed by atoms with E-state index in [0.717, 1.165) is 36.2 Å². The summed E-state index contributed by atoms with van der Waals surface area (Å²) in [5, 5.41) is 6.62. The van der Waals surface area contributed by atoms with Crippen LogP contribution in [0, 0.1) is 0 Å². The van der Waals surface area contributed by atoms with E-state index < -0.39 is 0 Å². The summed E-state index contributed by atoms with van der Waals surface area (Å²) in [4.78, 5) is 5.80. The van der Waals surface area contributed by atoms with Crippen molar-refractivity contribution in [3.05, 3.63) is 58.9 Å². The maximum atomic E-state index is 5.73. The molecule has 21 heavy (non-hydrogen) atoms. The predicted molar refractivity (Wildman–Crippen MR) is 88.1 cm³/mol. The lowest BCUT2D eigenvalue weighted by atomic mass is 10.2. The lowest BCUT2D eigenvalue weighted by Gasteiger charge is -2.07. The van der Waals surface area contributed by atoms with Gasteiger partial charge in [0.25, 0.3) is 0 Å². The summed E-state index contributed by atoms with van der Waals surface area (Å²) in [5.41, 5.74) is 0.999. The molecule has 1 aromatic carbocycles. The largest absolute Gasteiger partial charge is 0.491 e. The van der Waals surface area contributed by atoms with E-state index in [1.807, 2.05) is 24.3 Å². The van der Waals surface area contributed by atoms with Gasteiger partial charge in [0, 0.05) is 23.4 Å². The van der Waals surface area contributed by atoms with Crippen LogP contribution < -0.4 is 10.1 Å². The average molecular weight is 298 g/mol. The molecule has 4 heteroatoms. The van der Waals surface area contributed by atoms with Gasteiger partial charge >= 0.3 is 0 Å². The number of hydrogen-bond acceptors (Lipinski definition) is 4. The van der Waals surface area contributed by atoms with Crippen molar-refractivity contribution < 1.29 is 4.74 Å². The lowest BCUT2D eigenvalue weighted by molar-refractivity contribution is 0.314. The van der Waals surface area contributed by atoms with Crippen LogP contribution in [-0.2, 0) is 6.42 Å². The second-order valence-electron chi connectivity index (χ2n) is 4.79. The number of nitrogens with one attached hydrogen (secondary N) is 1. The van der Waals surface area contributed by atoms with Gasteiger partial charge in [0.15, 0.2) is 0 Å². The van der Waals surface area contributed by atoms with Gasteiger partial charge in [-0.15, -0.1) is 11.3 Å². The molecule has 0 aliphatic rings. The zero-order chi connectivity index (χ0) is 14.3. The number of para-hydroxylation sites is 1. The number of hydrogen-bond donors (Lipinski definition) is 1. The van der Waals surface area contributed by atoms with E-state index >= 15 is 0 Å². The smallest absolute Gasteiger partial charge is 0.138 e. The molecule has 1 N–H and O–H groups in total. The van der Waals surface area contributed by atoms with E-state index in [-0.39, 0.29) is 0 Å². The number of benzene rings is 1. The van der Waals surface area contributed by atoms with Crippen molar-refractivity contribution in [1.82, 2.24) is 10.3 Å². The fraction of sp³-hybridized carbons (Fsp3) is 0.235. The molecule has 0 aliphatic heterocycles. The van der Waals surface area contributed by atoms with Crippen LogP contribution in [0.25, 0.3) is 10.9 Å². The zero-order valence-electron chi connectivity index (χ0n) is 11.8. The van der Waals surface area contributed by atoms with Crippen LogP contribution in [0.4, 0.5) is 0 Å². The van der Waals surface area contributed by atoms with Gasteiger partial charge < -0.3 is 10.1 Å². The van der Waals surface area contributed by atoms with E-state index in [9.17, 15) is 0 Å². The number of pyridine rings is 1. The maximum absolute atomic E-state index is 5.73. The van der Waals surface area contributed by atoms with Gasteiger partial charge in [0.2, 0.25) is 0 Å². The molecular weight excluding hydrogens is 280 g/mol. The molecule has 0 saturated carbocycles. The highest BCUT2D eigenvalue weighted by molar-refractivity contribution is 7.09. The molecule has 0 saturated heterocycles. The van der Waals surface area contributed by atoms with Gasteiger partial charge in [-0.25, -0.2) is 0 Å². The van der Waals surface area contributed by atoms with Gasteiger partial charge in [-0.1, -0.05) is 24.3 Å². The number of rotatable bonds is 7. The van der Waals surface area contributed by atoms with E-state index in [2.05, 4.69) is 33.9 Å². The summed E-state index contributed by atoms with van der Waals surface area (Å²) in [6, 6.07) is 14.4. The lowest BCUT2D eigenvalue weighted by Crippen LogP contribution is -2.23. The van der Waals surface area contributed by atoms with Crippen LogP contribution >= 0.6 is 11.3 Å². The van der Waals surface area contributed by atoms with E-state index in [1.165, 1.54) is 4.88 Å². The topological polar surface area (TPSA) is 34.1 Å². The third-order valence-corrected chi connectivity index (χ3v) is 4.18. The Morgan fingerprint density at radius 1 is 1.10 bits per heavy atom. The monoisotopic (exact) mass is 298 g/mol. The first-order valence-corrected chi connectivity index (χ1v) is 8.00. The van der Waals surface area contributed by atoms with Gasteiger partial charge in [-0.05, 0) is 30.0 Å². The van der Waals surface area contributed by atoms with Crippen LogP contribution in [0.15, 0.2) is 54.0 Å². The van der Waals surface area contributed by atoms with Crippen molar-refractivity contribution in [3.63, 3.8) is 0 Å². The number of fused-ring (bicyclic) bond motifs is 1. The van der Waals surface area contributed by atoms with Crippen LogP contribution in [0.3, 0.4) is 0 Å². The van der Waals surface area contributed by atoms with Crippen molar-refractivity contribution in [2.24, 2.45) is 0 Å². The molecule has 0 bridgehead atoms. The van der Waals surface area contributed by atoms with Crippen molar-refractivity contribution in [2.45, 2.75) is 6.42 Å². The Morgan fingerprint density at radius 2 is 2.05 bits per heavy atom. The van der Waals surface area contributed by atoms with Crippen molar-refractivity contribution in [3.8, 4) is 5.75 Å². The maximum Gasteiger partial charge on any atom is 0.138 e. The second kappa shape index (κ2) is 7.20. The van der Waals surface area contributed by atoms with Gasteiger partial charge in [0.1, 0.15) is 12.4 Å². The molecule has 108 valence electrons. The van der Waals surface area contributed by atoms with Crippen LogP contribution in [0.5, 0.6) is 5.75 Å². The molecule has 2 aromatic heterocycles. The van der Waals surface area contributed by atoms with Gasteiger partial charge in [0.05, 0.1) is 11.7 Å². The zero-order valence-corrected chi connectivity index (χ0v) is 12.6. The normalized spacial score (nSPS) is 10.9. The third-order valence-electron chi connectivity index (χ3n) is 3.24. The summed E-state index contributed by atoms with van der Waals surface area (Å²) >= 11 is 1.81. The first-order valence-electron chi connectivity index (χ1n) is 7.12. The minimum absolute atomic E-state index is 0.657. The predicted octanol–water partition coefficient (Wildman–Crippen LogP) is 3.51. The summed E-state index contributed by atoms with van der Waals surface area (Å²) in [6.07, 6.45) is 2.86. The molecule has 2 heterocycles. The number of aromatic nitrogens is 1. The number of nitrogens with zero attached hydrogens (tertiary/aromatic N) is 1. The Kier molecular flexibility index (Phi) is 4.82. The first kappa shape index (κ1) is 14.0. The summed E-state index contributed by atoms with van der Waals surface area (Å²) < 4.78 is 5.73.